The number of nitrogens with one attached hydrogen (secondary N) is 3. The van der Waals surface area contributed by atoms with Crippen LogP contribution in [0.4, 0.5) is 10.6 Å². The SMILES string of the molecule is O=C(NCc1ccccc1)NNc1ccccn1. The summed E-state index contributed by atoms with van der Waals surface area (Å²) in [5.74, 6) is 0.590. The minimum Gasteiger partial charge on any atom is -0.333 e. The van der Waals surface area contributed by atoms with Gasteiger partial charge in [-0.25, -0.2) is 9.78 Å². The van der Waals surface area contributed by atoms with Crippen LogP contribution in [0, 0.1) is 0 Å². The highest BCUT2D eigenvalue weighted by Crippen LogP contribution is 1.98. The second-order valence-corrected chi connectivity index (χ2v) is 3.63. The number of urea groups is 1. The van der Waals surface area contributed by atoms with E-state index in [0.717, 1.165) is 5.56 Å². The molecule has 0 saturated heterocycles. The van der Waals surface area contributed by atoms with E-state index < -0.39 is 0 Å². The van der Waals surface area contributed by atoms with Gasteiger partial charge in [0.2, 0.25) is 0 Å². The van der Waals surface area contributed by atoms with Crippen LogP contribution in [0.2, 0.25) is 0 Å². The Morgan fingerprint density at radius 1 is 1.06 bits per heavy atom. The van der Waals surface area contributed by atoms with Crippen LogP contribution in [0.5, 0.6) is 0 Å². The highest BCUT2D eigenvalue weighted by atomic mass is 16.2. The molecule has 2 amide bonds. The first kappa shape index (κ1) is 11.9. The molecule has 0 saturated carbocycles. The molecule has 1 aromatic carbocycles. The highest BCUT2D eigenvalue weighted by molar-refractivity contribution is 5.75. The first-order valence-electron chi connectivity index (χ1n) is 5.59. The zero-order valence-corrected chi connectivity index (χ0v) is 9.76. The highest BCUT2D eigenvalue weighted by Gasteiger charge is 1.99. The fourth-order valence-electron chi connectivity index (χ4n) is 1.38. The summed E-state index contributed by atoms with van der Waals surface area (Å²) in [5, 5.41) is 2.73. The van der Waals surface area contributed by atoms with E-state index in [1.165, 1.54) is 0 Å². The van der Waals surface area contributed by atoms with Crippen LogP contribution in [0.1, 0.15) is 5.56 Å². The minimum atomic E-state index is -0.301. The number of anilines is 1. The molecule has 2 aromatic rings. The van der Waals surface area contributed by atoms with Crippen molar-refractivity contribution in [2.24, 2.45) is 0 Å². The Morgan fingerprint density at radius 3 is 2.56 bits per heavy atom. The lowest BCUT2D eigenvalue weighted by Gasteiger charge is -2.09. The van der Waals surface area contributed by atoms with Gasteiger partial charge in [-0.15, -0.1) is 0 Å². The maximum absolute atomic E-state index is 11.5. The Hall–Kier alpha value is -2.56. The summed E-state index contributed by atoms with van der Waals surface area (Å²) in [4.78, 5) is 15.5. The molecule has 0 bridgehead atoms. The van der Waals surface area contributed by atoms with Gasteiger partial charge in [0.1, 0.15) is 5.82 Å². The van der Waals surface area contributed by atoms with Crippen LogP contribution in [-0.2, 0) is 6.54 Å². The van der Waals surface area contributed by atoms with E-state index in [0.29, 0.717) is 12.4 Å². The summed E-state index contributed by atoms with van der Waals surface area (Å²) in [5.41, 5.74) is 6.26. The van der Waals surface area contributed by atoms with Crippen molar-refractivity contribution in [1.82, 2.24) is 15.7 Å². The third-order valence-corrected chi connectivity index (χ3v) is 2.26. The number of amides is 2. The normalized spacial score (nSPS) is 9.56. The van der Waals surface area contributed by atoms with E-state index in [-0.39, 0.29) is 6.03 Å². The van der Waals surface area contributed by atoms with Crippen molar-refractivity contribution < 1.29 is 4.79 Å². The molecule has 5 heteroatoms. The quantitative estimate of drug-likeness (QED) is 0.717. The van der Waals surface area contributed by atoms with E-state index in [1.54, 1.807) is 18.3 Å². The number of hydrogen-bond acceptors (Lipinski definition) is 3. The van der Waals surface area contributed by atoms with Crippen molar-refractivity contribution in [2.75, 3.05) is 5.43 Å². The standard InChI is InChI=1S/C13H14N4O/c18-13(15-10-11-6-2-1-3-7-11)17-16-12-8-4-5-9-14-12/h1-9H,10H2,(H,14,16)(H2,15,17,18). The Morgan fingerprint density at radius 2 is 1.83 bits per heavy atom. The summed E-state index contributed by atoms with van der Waals surface area (Å²) >= 11 is 0. The van der Waals surface area contributed by atoms with Gasteiger partial charge in [0.15, 0.2) is 0 Å². The van der Waals surface area contributed by atoms with Crippen molar-refractivity contribution in [3.8, 4) is 0 Å². The summed E-state index contributed by atoms with van der Waals surface area (Å²) in [7, 11) is 0. The maximum Gasteiger partial charge on any atom is 0.333 e. The first-order chi connectivity index (χ1) is 8.84. The van der Waals surface area contributed by atoms with Gasteiger partial charge in [-0.3, -0.25) is 10.9 Å². The number of rotatable bonds is 4. The number of hydrazine groups is 1. The van der Waals surface area contributed by atoms with Crippen molar-refractivity contribution in [3.05, 3.63) is 60.3 Å². The first-order valence-corrected chi connectivity index (χ1v) is 5.59. The molecular weight excluding hydrogens is 228 g/mol. The number of carbonyl (C=O) groups excluding carboxylic acids is 1. The molecule has 0 aliphatic carbocycles. The molecule has 0 atom stereocenters. The topological polar surface area (TPSA) is 66.1 Å². The molecule has 0 aliphatic heterocycles. The Balaban J connectivity index is 1.73. The van der Waals surface area contributed by atoms with Crippen molar-refractivity contribution >= 4 is 11.8 Å². The predicted octanol–water partition coefficient (Wildman–Crippen LogP) is 1.91. The van der Waals surface area contributed by atoms with E-state index in [1.807, 2.05) is 36.4 Å². The molecule has 1 heterocycles. The third kappa shape index (κ3) is 3.79. The van der Waals surface area contributed by atoms with Gasteiger partial charge < -0.3 is 5.32 Å². The summed E-state index contributed by atoms with van der Waals surface area (Å²) in [6.45, 7) is 0.483. The number of carbonyl (C=O) groups is 1. The lowest BCUT2D eigenvalue weighted by molar-refractivity contribution is 0.242. The van der Waals surface area contributed by atoms with Gasteiger partial charge >= 0.3 is 6.03 Å². The van der Waals surface area contributed by atoms with Crippen molar-refractivity contribution in [3.63, 3.8) is 0 Å². The molecule has 2 rings (SSSR count). The summed E-state index contributed by atoms with van der Waals surface area (Å²) in [6, 6.07) is 14.8. The Bertz CT molecular complexity index is 441. The zero-order valence-electron chi connectivity index (χ0n) is 9.76. The predicted molar refractivity (Wildman–Crippen MR) is 69.7 cm³/mol. The van der Waals surface area contributed by atoms with Crippen LogP contribution in [0.3, 0.4) is 0 Å². The number of aromatic nitrogens is 1. The summed E-state index contributed by atoms with van der Waals surface area (Å²) in [6.07, 6.45) is 1.64. The van der Waals surface area contributed by atoms with Crippen LogP contribution < -0.4 is 16.2 Å². The van der Waals surface area contributed by atoms with E-state index in [9.17, 15) is 4.79 Å². The minimum absolute atomic E-state index is 0.301. The molecular formula is C13H14N4O. The molecule has 0 fully saturated rings. The molecule has 0 unspecified atom stereocenters. The monoisotopic (exact) mass is 242 g/mol. The second-order valence-electron chi connectivity index (χ2n) is 3.63. The molecule has 0 aliphatic rings. The zero-order chi connectivity index (χ0) is 12.6. The summed E-state index contributed by atoms with van der Waals surface area (Å²) < 4.78 is 0. The van der Waals surface area contributed by atoms with Crippen LogP contribution in [0.25, 0.3) is 0 Å². The molecule has 92 valence electrons. The number of nitrogens with zero attached hydrogens (tertiary/aromatic N) is 1. The molecule has 3 N–H and O–H groups in total. The number of benzene rings is 1. The molecule has 18 heavy (non-hydrogen) atoms. The molecule has 0 spiro atoms. The van der Waals surface area contributed by atoms with Crippen LogP contribution in [0.15, 0.2) is 54.7 Å². The largest absolute Gasteiger partial charge is 0.333 e. The van der Waals surface area contributed by atoms with Gasteiger partial charge in [0.05, 0.1) is 0 Å². The van der Waals surface area contributed by atoms with Gasteiger partial charge in [-0.1, -0.05) is 36.4 Å². The van der Waals surface area contributed by atoms with E-state index in [2.05, 4.69) is 21.2 Å². The lowest BCUT2D eigenvalue weighted by Crippen LogP contribution is -2.38. The van der Waals surface area contributed by atoms with Gasteiger partial charge in [-0.2, -0.15) is 0 Å². The van der Waals surface area contributed by atoms with Gasteiger partial charge in [0.25, 0.3) is 0 Å². The fourth-order valence-corrected chi connectivity index (χ4v) is 1.38. The molecule has 5 nitrogen and oxygen atoms in total. The van der Waals surface area contributed by atoms with Crippen molar-refractivity contribution in [2.45, 2.75) is 6.54 Å². The van der Waals surface area contributed by atoms with Gasteiger partial charge in [-0.05, 0) is 17.7 Å². The average molecular weight is 242 g/mol. The van der Waals surface area contributed by atoms with E-state index in [4.69, 9.17) is 0 Å². The average Bonchev–Trinajstić information content (AvgIpc) is 2.45. The Labute approximate surface area is 105 Å². The maximum atomic E-state index is 11.5. The second kappa shape index (κ2) is 6.24. The Kier molecular flexibility index (Phi) is 4.13. The molecule has 0 radical (unpaired) electrons. The van der Waals surface area contributed by atoms with Gasteiger partial charge in [0, 0.05) is 12.7 Å². The van der Waals surface area contributed by atoms with E-state index >= 15 is 0 Å². The number of hydrogen-bond donors (Lipinski definition) is 3. The smallest absolute Gasteiger partial charge is 0.333 e. The van der Waals surface area contributed by atoms with Crippen LogP contribution >= 0.6 is 0 Å². The van der Waals surface area contributed by atoms with Crippen molar-refractivity contribution in [1.29, 1.82) is 0 Å². The third-order valence-electron chi connectivity index (χ3n) is 2.26. The number of pyridine rings is 1. The van der Waals surface area contributed by atoms with Crippen LogP contribution in [-0.4, -0.2) is 11.0 Å². The molecule has 1 aromatic heterocycles. The lowest BCUT2D eigenvalue weighted by atomic mass is 10.2. The fraction of sp³-hybridized carbons (Fsp3) is 0.0769.